The predicted molar refractivity (Wildman–Crippen MR) is 68.3 cm³/mol. The molecule has 0 saturated heterocycles. The average Bonchev–Trinajstić information content (AvgIpc) is 2.81. The lowest BCUT2D eigenvalue weighted by Gasteiger charge is -2.08. The number of nitrogens with zero attached hydrogens (tertiary/aromatic N) is 2. The SMILES string of the molecule is Brc1ccc(Oc2ncnc3c2CCC3)cc1. The molecule has 0 atom stereocenters. The third kappa shape index (κ3) is 2.17. The van der Waals surface area contributed by atoms with Gasteiger partial charge in [-0.15, -0.1) is 0 Å². The first-order valence-electron chi connectivity index (χ1n) is 5.59. The Labute approximate surface area is 108 Å². The molecule has 0 radical (unpaired) electrons. The van der Waals surface area contributed by atoms with E-state index in [1.807, 2.05) is 24.3 Å². The molecule has 2 aromatic rings. The van der Waals surface area contributed by atoms with Crippen LogP contribution in [0.2, 0.25) is 0 Å². The normalized spacial score (nSPS) is 13.5. The molecule has 17 heavy (non-hydrogen) atoms. The number of aromatic nitrogens is 2. The van der Waals surface area contributed by atoms with E-state index in [4.69, 9.17) is 4.74 Å². The van der Waals surface area contributed by atoms with Crippen molar-refractivity contribution in [1.29, 1.82) is 0 Å². The van der Waals surface area contributed by atoms with E-state index in [2.05, 4.69) is 25.9 Å². The molecule has 0 bridgehead atoms. The van der Waals surface area contributed by atoms with Gasteiger partial charge in [0.25, 0.3) is 0 Å². The number of aryl methyl sites for hydroxylation is 1. The average molecular weight is 291 g/mol. The van der Waals surface area contributed by atoms with Crippen molar-refractivity contribution < 1.29 is 4.74 Å². The molecule has 1 heterocycles. The highest BCUT2D eigenvalue weighted by Crippen LogP contribution is 2.30. The number of fused-ring (bicyclic) bond motifs is 1. The second-order valence-electron chi connectivity index (χ2n) is 4.01. The van der Waals surface area contributed by atoms with E-state index in [1.165, 1.54) is 0 Å². The maximum atomic E-state index is 5.80. The molecule has 0 amide bonds. The van der Waals surface area contributed by atoms with Gasteiger partial charge in [-0.3, -0.25) is 0 Å². The minimum Gasteiger partial charge on any atom is -0.439 e. The molecule has 1 aliphatic carbocycles. The van der Waals surface area contributed by atoms with Crippen molar-refractivity contribution in [3.8, 4) is 11.6 Å². The lowest BCUT2D eigenvalue weighted by Crippen LogP contribution is -1.96. The van der Waals surface area contributed by atoms with Crippen LogP contribution in [-0.2, 0) is 12.8 Å². The Morgan fingerprint density at radius 2 is 1.88 bits per heavy atom. The van der Waals surface area contributed by atoms with Crippen LogP contribution in [0.15, 0.2) is 35.1 Å². The van der Waals surface area contributed by atoms with Gasteiger partial charge in [-0.05, 0) is 43.5 Å². The molecule has 0 N–H and O–H groups in total. The van der Waals surface area contributed by atoms with Gasteiger partial charge in [0.1, 0.15) is 12.1 Å². The van der Waals surface area contributed by atoms with Gasteiger partial charge in [0.2, 0.25) is 5.88 Å². The summed E-state index contributed by atoms with van der Waals surface area (Å²) < 4.78 is 6.84. The second-order valence-corrected chi connectivity index (χ2v) is 4.93. The molecule has 1 aliphatic rings. The zero-order valence-electron chi connectivity index (χ0n) is 9.19. The van der Waals surface area contributed by atoms with E-state index in [9.17, 15) is 0 Å². The van der Waals surface area contributed by atoms with Crippen LogP contribution < -0.4 is 4.74 Å². The van der Waals surface area contributed by atoms with Crippen molar-refractivity contribution in [2.75, 3.05) is 0 Å². The summed E-state index contributed by atoms with van der Waals surface area (Å²) in [5.41, 5.74) is 2.29. The van der Waals surface area contributed by atoms with Crippen molar-refractivity contribution in [2.45, 2.75) is 19.3 Å². The highest BCUT2D eigenvalue weighted by molar-refractivity contribution is 9.10. The lowest BCUT2D eigenvalue weighted by atomic mass is 10.2. The molecule has 0 aliphatic heterocycles. The van der Waals surface area contributed by atoms with Crippen LogP contribution in [0.25, 0.3) is 0 Å². The molecule has 0 unspecified atom stereocenters. The van der Waals surface area contributed by atoms with Gasteiger partial charge in [-0.25, -0.2) is 9.97 Å². The fourth-order valence-electron chi connectivity index (χ4n) is 2.03. The van der Waals surface area contributed by atoms with Crippen LogP contribution in [0, 0.1) is 0 Å². The zero-order valence-corrected chi connectivity index (χ0v) is 10.8. The Balaban J connectivity index is 1.91. The fourth-order valence-corrected chi connectivity index (χ4v) is 2.30. The Hall–Kier alpha value is -1.42. The molecule has 0 fully saturated rings. The fraction of sp³-hybridized carbons (Fsp3) is 0.231. The summed E-state index contributed by atoms with van der Waals surface area (Å²) in [7, 11) is 0. The minimum atomic E-state index is 0.704. The van der Waals surface area contributed by atoms with Gasteiger partial charge >= 0.3 is 0 Å². The Bertz CT molecular complexity index is 540. The third-order valence-electron chi connectivity index (χ3n) is 2.86. The largest absolute Gasteiger partial charge is 0.439 e. The molecular weight excluding hydrogens is 280 g/mol. The van der Waals surface area contributed by atoms with Gasteiger partial charge in [-0.1, -0.05) is 15.9 Å². The maximum Gasteiger partial charge on any atom is 0.225 e. The summed E-state index contributed by atoms with van der Waals surface area (Å²) in [4.78, 5) is 8.50. The number of halogens is 1. The van der Waals surface area contributed by atoms with Crippen molar-refractivity contribution in [3.63, 3.8) is 0 Å². The summed E-state index contributed by atoms with van der Waals surface area (Å²) in [6.07, 6.45) is 4.78. The van der Waals surface area contributed by atoms with Gasteiger partial charge < -0.3 is 4.74 Å². The molecule has 3 rings (SSSR count). The smallest absolute Gasteiger partial charge is 0.225 e. The maximum absolute atomic E-state index is 5.80. The van der Waals surface area contributed by atoms with E-state index in [1.54, 1.807) is 6.33 Å². The molecule has 0 saturated carbocycles. The van der Waals surface area contributed by atoms with Gasteiger partial charge in [0.05, 0.1) is 5.69 Å². The van der Waals surface area contributed by atoms with Crippen LogP contribution >= 0.6 is 15.9 Å². The third-order valence-corrected chi connectivity index (χ3v) is 3.39. The number of benzene rings is 1. The highest BCUT2D eigenvalue weighted by atomic mass is 79.9. The minimum absolute atomic E-state index is 0.704. The van der Waals surface area contributed by atoms with Crippen LogP contribution in [0.1, 0.15) is 17.7 Å². The van der Waals surface area contributed by atoms with Crippen molar-refractivity contribution in [1.82, 2.24) is 9.97 Å². The van der Waals surface area contributed by atoms with E-state index >= 15 is 0 Å². The summed E-state index contributed by atoms with van der Waals surface area (Å²) in [5, 5.41) is 0. The van der Waals surface area contributed by atoms with E-state index in [0.717, 1.165) is 40.7 Å². The van der Waals surface area contributed by atoms with Crippen LogP contribution in [0.4, 0.5) is 0 Å². The highest BCUT2D eigenvalue weighted by Gasteiger charge is 2.18. The molecule has 3 nitrogen and oxygen atoms in total. The monoisotopic (exact) mass is 290 g/mol. The van der Waals surface area contributed by atoms with Crippen molar-refractivity contribution >= 4 is 15.9 Å². The first-order chi connectivity index (χ1) is 8.33. The Morgan fingerprint density at radius 3 is 2.71 bits per heavy atom. The van der Waals surface area contributed by atoms with Crippen molar-refractivity contribution in [3.05, 3.63) is 46.3 Å². The number of hydrogen-bond donors (Lipinski definition) is 0. The van der Waals surface area contributed by atoms with Crippen LogP contribution in [0.3, 0.4) is 0 Å². The molecular formula is C13H11BrN2O. The Kier molecular flexibility index (Phi) is 2.81. The first-order valence-corrected chi connectivity index (χ1v) is 6.38. The Morgan fingerprint density at radius 1 is 1.06 bits per heavy atom. The quantitative estimate of drug-likeness (QED) is 0.849. The number of hydrogen-bond acceptors (Lipinski definition) is 3. The molecule has 4 heteroatoms. The second kappa shape index (κ2) is 4.45. The van der Waals surface area contributed by atoms with Gasteiger partial charge in [0.15, 0.2) is 0 Å². The summed E-state index contributed by atoms with van der Waals surface area (Å²) in [5.74, 6) is 1.51. The molecule has 0 spiro atoms. The molecule has 1 aromatic heterocycles. The summed E-state index contributed by atoms with van der Waals surface area (Å²) >= 11 is 3.40. The van der Waals surface area contributed by atoms with Crippen LogP contribution in [-0.4, -0.2) is 9.97 Å². The standard InChI is InChI=1S/C13H11BrN2O/c14-9-4-6-10(7-5-9)17-13-11-2-1-3-12(11)15-8-16-13/h4-8H,1-3H2. The number of ether oxygens (including phenoxy) is 1. The van der Waals surface area contributed by atoms with Gasteiger partial charge in [-0.2, -0.15) is 0 Å². The van der Waals surface area contributed by atoms with E-state index in [0.29, 0.717) is 5.88 Å². The van der Waals surface area contributed by atoms with E-state index < -0.39 is 0 Å². The van der Waals surface area contributed by atoms with Crippen molar-refractivity contribution in [2.24, 2.45) is 0 Å². The molecule has 86 valence electrons. The van der Waals surface area contributed by atoms with Crippen LogP contribution in [0.5, 0.6) is 11.6 Å². The predicted octanol–water partition coefficient (Wildman–Crippen LogP) is 3.52. The van der Waals surface area contributed by atoms with Gasteiger partial charge in [0, 0.05) is 10.0 Å². The lowest BCUT2D eigenvalue weighted by molar-refractivity contribution is 0.455. The first kappa shape index (κ1) is 10.7. The molecule has 1 aromatic carbocycles. The topological polar surface area (TPSA) is 35.0 Å². The number of rotatable bonds is 2. The summed E-state index contributed by atoms with van der Waals surface area (Å²) in [6.45, 7) is 0. The summed E-state index contributed by atoms with van der Waals surface area (Å²) in [6, 6.07) is 7.76. The zero-order chi connectivity index (χ0) is 11.7. The van der Waals surface area contributed by atoms with E-state index in [-0.39, 0.29) is 0 Å².